The molecule has 0 amide bonds. The molecule has 0 N–H and O–H groups in total. The summed E-state index contributed by atoms with van der Waals surface area (Å²) in [5.41, 5.74) is 5.60. The lowest BCUT2D eigenvalue weighted by Crippen LogP contribution is -1.86. The molecule has 0 radical (unpaired) electrons. The zero-order chi connectivity index (χ0) is 17.2. The van der Waals surface area contributed by atoms with Gasteiger partial charge in [0.2, 0.25) is 5.89 Å². The van der Waals surface area contributed by atoms with Gasteiger partial charge in [-0.05, 0) is 48.7 Å². The molecule has 5 heteroatoms. The van der Waals surface area contributed by atoms with E-state index in [1.165, 1.54) is 22.9 Å². The minimum absolute atomic E-state index is 0.557. The molecule has 4 aromatic rings. The molecule has 4 rings (SSSR count). The highest BCUT2D eigenvalue weighted by molar-refractivity contribution is 7.98. The summed E-state index contributed by atoms with van der Waals surface area (Å²) in [7, 11) is 0. The Morgan fingerprint density at radius 2 is 1.84 bits per heavy atom. The summed E-state index contributed by atoms with van der Waals surface area (Å²) in [6.07, 6.45) is 1.82. The summed E-state index contributed by atoms with van der Waals surface area (Å²) in [5.74, 6) is 1.30. The quantitative estimate of drug-likeness (QED) is 0.475. The number of benzene rings is 2. The first-order chi connectivity index (χ1) is 12.2. The number of pyridine rings is 1. The molecule has 0 spiro atoms. The Balaban J connectivity index is 1.54. The molecule has 0 fully saturated rings. The first kappa shape index (κ1) is 15.8. The van der Waals surface area contributed by atoms with Crippen molar-refractivity contribution in [2.75, 3.05) is 0 Å². The van der Waals surface area contributed by atoms with E-state index in [4.69, 9.17) is 4.42 Å². The van der Waals surface area contributed by atoms with Crippen LogP contribution in [-0.4, -0.2) is 15.2 Å². The molecule has 2 aromatic carbocycles. The van der Waals surface area contributed by atoms with Gasteiger partial charge in [0.25, 0.3) is 5.22 Å². The number of thioether (sulfide) groups is 1. The van der Waals surface area contributed by atoms with Gasteiger partial charge in [-0.3, -0.25) is 4.98 Å². The van der Waals surface area contributed by atoms with Crippen molar-refractivity contribution >= 4 is 22.7 Å². The smallest absolute Gasteiger partial charge is 0.277 e. The Morgan fingerprint density at radius 1 is 0.960 bits per heavy atom. The Kier molecular flexibility index (Phi) is 4.24. The maximum Gasteiger partial charge on any atom is 0.277 e. The Hall–Kier alpha value is -2.66. The molecule has 0 unspecified atom stereocenters. The van der Waals surface area contributed by atoms with Crippen molar-refractivity contribution in [1.29, 1.82) is 0 Å². The fourth-order valence-electron chi connectivity index (χ4n) is 2.68. The highest BCUT2D eigenvalue weighted by Crippen LogP contribution is 2.28. The van der Waals surface area contributed by atoms with E-state index in [2.05, 4.69) is 59.4 Å². The monoisotopic (exact) mass is 347 g/mol. The van der Waals surface area contributed by atoms with Crippen molar-refractivity contribution in [3.8, 4) is 11.5 Å². The molecule has 0 aliphatic rings. The van der Waals surface area contributed by atoms with Gasteiger partial charge in [-0.2, -0.15) is 0 Å². The number of nitrogens with zero attached hydrogens (tertiary/aromatic N) is 3. The summed E-state index contributed by atoms with van der Waals surface area (Å²) < 4.78 is 5.82. The lowest BCUT2D eigenvalue weighted by atomic mass is 10.1. The van der Waals surface area contributed by atoms with Gasteiger partial charge in [0, 0.05) is 22.9 Å². The average Bonchev–Trinajstić information content (AvgIpc) is 3.11. The van der Waals surface area contributed by atoms with Crippen molar-refractivity contribution in [2.45, 2.75) is 24.8 Å². The molecule has 4 nitrogen and oxygen atoms in total. The molecular formula is C20H17N3OS. The van der Waals surface area contributed by atoms with Crippen LogP contribution in [0.3, 0.4) is 0 Å². The summed E-state index contributed by atoms with van der Waals surface area (Å²) in [6.45, 7) is 4.17. The summed E-state index contributed by atoms with van der Waals surface area (Å²) in [5, 5.41) is 10.1. The Bertz CT molecular complexity index is 1040. The fraction of sp³-hybridized carbons (Fsp3) is 0.150. The van der Waals surface area contributed by atoms with Crippen LogP contribution in [0.5, 0.6) is 0 Å². The number of aromatic nitrogens is 3. The van der Waals surface area contributed by atoms with Crippen LogP contribution in [0.25, 0.3) is 22.4 Å². The van der Waals surface area contributed by atoms with Crippen molar-refractivity contribution in [2.24, 2.45) is 0 Å². The third-order valence-corrected chi connectivity index (χ3v) is 5.10. The second-order valence-corrected chi connectivity index (χ2v) is 6.88. The molecule has 0 bridgehead atoms. The third-order valence-electron chi connectivity index (χ3n) is 4.23. The summed E-state index contributed by atoms with van der Waals surface area (Å²) in [4.78, 5) is 4.48. The first-order valence-electron chi connectivity index (χ1n) is 8.07. The van der Waals surface area contributed by atoms with Crippen molar-refractivity contribution in [1.82, 2.24) is 15.2 Å². The van der Waals surface area contributed by atoms with Crippen molar-refractivity contribution in [3.63, 3.8) is 0 Å². The van der Waals surface area contributed by atoms with Gasteiger partial charge < -0.3 is 4.42 Å². The van der Waals surface area contributed by atoms with Gasteiger partial charge in [-0.15, -0.1) is 10.2 Å². The van der Waals surface area contributed by atoms with Gasteiger partial charge in [0.1, 0.15) is 0 Å². The molecule has 2 heterocycles. The van der Waals surface area contributed by atoms with Crippen LogP contribution in [0.4, 0.5) is 0 Å². The molecular weight excluding hydrogens is 330 g/mol. The zero-order valence-corrected chi connectivity index (χ0v) is 14.9. The second kappa shape index (κ2) is 6.69. The van der Waals surface area contributed by atoms with Gasteiger partial charge in [-0.25, -0.2) is 0 Å². The van der Waals surface area contributed by atoms with Crippen molar-refractivity contribution < 1.29 is 4.42 Å². The number of hydrogen-bond donors (Lipinski definition) is 0. The van der Waals surface area contributed by atoms with Gasteiger partial charge >= 0.3 is 0 Å². The lowest BCUT2D eigenvalue weighted by molar-refractivity contribution is 0.466. The van der Waals surface area contributed by atoms with Gasteiger partial charge in [0.05, 0.1) is 5.52 Å². The number of para-hydroxylation sites is 1. The van der Waals surface area contributed by atoms with Crippen LogP contribution in [0.1, 0.15) is 16.7 Å². The third kappa shape index (κ3) is 3.28. The standard InChI is InChI=1S/C20H17N3OS/c1-13-8-9-16(11-14(13)2)19-22-23-20(24-19)25-12-17-6-3-5-15-7-4-10-21-18(15)17/h3-11H,12H2,1-2H3. The van der Waals surface area contributed by atoms with Crippen LogP contribution in [-0.2, 0) is 5.75 Å². The largest absolute Gasteiger partial charge is 0.411 e. The highest BCUT2D eigenvalue weighted by Gasteiger charge is 2.11. The van der Waals surface area contributed by atoms with Crippen molar-refractivity contribution in [3.05, 3.63) is 71.4 Å². The van der Waals surface area contributed by atoms with Gasteiger partial charge in [0.15, 0.2) is 0 Å². The average molecular weight is 347 g/mol. The van der Waals surface area contributed by atoms with E-state index in [-0.39, 0.29) is 0 Å². The van der Waals surface area contributed by atoms with Crippen LogP contribution in [0, 0.1) is 13.8 Å². The second-order valence-electron chi connectivity index (χ2n) is 5.95. The molecule has 0 saturated heterocycles. The SMILES string of the molecule is Cc1ccc(-c2nnc(SCc3cccc4cccnc34)o2)cc1C. The Morgan fingerprint density at radius 3 is 2.72 bits per heavy atom. The van der Waals surface area contributed by atoms with E-state index < -0.39 is 0 Å². The normalized spacial score (nSPS) is 11.1. The highest BCUT2D eigenvalue weighted by atomic mass is 32.2. The van der Waals surface area contributed by atoms with E-state index in [0.29, 0.717) is 11.1 Å². The molecule has 0 aliphatic carbocycles. The molecule has 2 aromatic heterocycles. The molecule has 0 saturated carbocycles. The van der Waals surface area contributed by atoms with Crippen LogP contribution in [0.15, 0.2) is 64.4 Å². The predicted octanol–water partition coefficient (Wildman–Crippen LogP) is 5.19. The number of hydrogen-bond acceptors (Lipinski definition) is 5. The molecule has 124 valence electrons. The number of aryl methyl sites for hydroxylation is 2. The minimum Gasteiger partial charge on any atom is -0.411 e. The van der Waals surface area contributed by atoms with Crippen LogP contribution < -0.4 is 0 Å². The summed E-state index contributed by atoms with van der Waals surface area (Å²) >= 11 is 1.53. The fourth-order valence-corrected chi connectivity index (χ4v) is 3.43. The van der Waals surface area contributed by atoms with Crippen LogP contribution in [0.2, 0.25) is 0 Å². The van der Waals surface area contributed by atoms with E-state index in [9.17, 15) is 0 Å². The summed E-state index contributed by atoms with van der Waals surface area (Å²) in [6, 6.07) is 16.4. The van der Waals surface area contributed by atoms with Gasteiger partial charge in [-0.1, -0.05) is 42.1 Å². The van der Waals surface area contributed by atoms with E-state index in [0.717, 1.165) is 27.8 Å². The molecule has 25 heavy (non-hydrogen) atoms. The molecule has 0 aliphatic heterocycles. The number of fused-ring (bicyclic) bond motifs is 1. The maximum absolute atomic E-state index is 5.82. The maximum atomic E-state index is 5.82. The van der Waals surface area contributed by atoms with Crippen LogP contribution >= 0.6 is 11.8 Å². The molecule has 0 atom stereocenters. The number of rotatable bonds is 4. The van der Waals surface area contributed by atoms with E-state index >= 15 is 0 Å². The minimum atomic E-state index is 0.557. The van der Waals surface area contributed by atoms with E-state index in [1.807, 2.05) is 24.4 Å². The lowest BCUT2D eigenvalue weighted by Gasteiger charge is -2.03. The first-order valence-corrected chi connectivity index (χ1v) is 9.06. The predicted molar refractivity (Wildman–Crippen MR) is 101 cm³/mol. The Labute approximate surface area is 150 Å². The zero-order valence-electron chi connectivity index (χ0n) is 14.1. The topological polar surface area (TPSA) is 51.8 Å². The van der Waals surface area contributed by atoms with E-state index in [1.54, 1.807) is 0 Å².